The van der Waals surface area contributed by atoms with Crippen molar-refractivity contribution in [3.8, 4) is 11.5 Å². The smallest absolute Gasteiger partial charge is 0.308 e. The average Bonchev–Trinajstić information content (AvgIpc) is 3.26. The molecule has 9 heteroatoms. The minimum Gasteiger partial charge on any atom is -0.483 e. The number of nitrogens with zero attached hydrogens (tertiary/aromatic N) is 2. The summed E-state index contributed by atoms with van der Waals surface area (Å²) in [6.45, 7) is 9.15. The summed E-state index contributed by atoms with van der Waals surface area (Å²) in [5, 5.41) is 0.895. The van der Waals surface area contributed by atoms with E-state index < -0.39 is 5.97 Å². The summed E-state index contributed by atoms with van der Waals surface area (Å²) in [5.74, 6) is 1.45. The van der Waals surface area contributed by atoms with E-state index in [1.807, 2.05) is 17.0 Å². The monoisotopic (exact) mass is 612 g/mol. The fourth-order valence-corrected chi connectivity index (χ4v) is 8.69. The van der Waals surface area contributed by atoms with E-state index in [2.05, 4.69) is 24.8 Å². The van der Waals surface area contributed by atoms with E-state index >= 15 is 0 Å². The number of ether oxygens (including phenoxy) is 2. The van der Waals surface area contributed by atoms with Crippen molar-refractivity contribution in [1.82, 2.24) is 9.80 Å². The van der Waals surface area contributed by atoms with Crippen LogP contribution in [0.1, 0.15) is 63.6 Å². The zero-order valence-electron chi connectivity index (χ0n) is 24.6. The van der Waals surface area contributed by atoms with Gasteiger partial charge in [0.2, 0.25) is 5.91 Å². The lowest BCUT2D eigenvalue weighted by atomic mass is 9.51. The number of amides is 1. The lowest BCUT2D eigenvalue weighted by molar-refractivity contribution is -0.143. The molecule has 1 amide bonds. The van der Waals surface area contributed by atoms with Gasteiger partial charge in [0.25, 0.3) is 0 Å². The normalized spacial score (nSPS) is 27.3. The molecule has 2 aromatic rings. The Morgan fingerprint density at radius 2 is 1.90 bits per heavy atom. The average molecular weight is 614 g/mol. The molecule has 2 fully saturated rings. The van der Waals surface area contributed by atoms with Crippen LogP contribution in [-0.4, -0.2) is 65.3 Å². The Labute approximate surface area is 257 Å². The van der Waals surface area contributed by atoms with Gasteiger partial charge in [-0.05, 0) is 80.3 Å². The summed E-state index contributed by atoms with van der Waals surface area (Å²) >= 11 is 12.4. The molecule has 4 aliphatic rings. The van der Waals surface area contributed by atoms with Crippen molar-refractivity contribution in [2.24, 2.45) is 11.8 Å². The summed E-state index contributed by atoms with van der Waals surface area (Å²) in [6.07, 6.45) is 3.32. The Bertz CT molecular complexity index is 1440. The first-order chi connectivity index (χ1) is 20.0. The lowest BCUT2D eigenvalue weighted by Crippen LogP contribution is -2.69. The van der Waals surface area contributed by atoms with Crippen LogP contribution in [0.5, 0.6) is 11.5 Å². The topological polar surface area (TPSA) is 76.2 Å². The Kier molecular flexibility index (Phi) is 7.82. The number of halogens is 2. The van der Waals surface area contributed by atoms with Gasteiger partial charge in [0.15, 0.2) is 11.5 Å². The molecule has 0 aromatic heterocycles. The number of rotatable bonds is 8. The molecule has 0 N–H and O–H groups in total. The Morgan fingerprint density at radius 1 is 1.12 bits per heavy atom. The maximum absolute atomic E-state index is 14.1. The van der Waals surface area contributed by atoms with Crippen molar-refractivity contribution in [3.05, 3.63) is 57.1 Å². The van der Waals surface area contributed by atoms with E-state index in [1.54, 1.807) is 19.1 Å². The van der Waals surface area contributed by atoms with E-state index in [1.165, 1.54) is 12.5 Å². The minimum atomic E-state index is -0.390. The van der Waals surface area contributed by atoms with Crippen molar-refractivity contribution in [2.45, 2.75) is 83.4 Å². The molecule has 6 rings (SSSR count). The van der Waals surface area contributed by atoms with Crippen LogP contribution in [0, 0.1) is 11.8 Å². The predicted molar refractivity (Wildman–Crippen MR) is 161 cm³/mol. The summed E-state index contributed by atoms with van der Waals surface area (Å²) < 4.78 is 12.6. The number of hydrogen-bond donors (Lipinski definition) is 0. The lowest BCUT2D eigenvalue weighted by Gasteiger charge is -2.60. The number of ketones is 1. The van der Waals surface area contributed by atoms with Gasteiger partial charge in [-0.3, -0.25) is 19.3 Å². The summed E-state index contributed by atoms with van der Waals surface area (Å²) in [7, 11) is 0. The van der Waals surface area contributed by atoms with Crippen LogP contribution in [0.4, 0.5) is 0 Å². The van der Waals surface area contributed by atoms with Crippen molar-refractivity contribution in [3.63, 3.8) is 0 Å². The molecule has 2 aromatic carbocycles. The number of esters is 1. The number of Topliss-reactive ketones (excluding diaryl/α,β-unsaturated/α-hetero) is 1. The van der Waals surface area contributed by atoms with Gasteiger partial charge in [-0.2, -0.15) is 0 Å². The molecule has 5 atom stereocenters. The third-order valence-corrected chi connectivity index (χ3v) is 10.4. The minimum absolute atomic E-state index is 0.0308. The summed E-state index contributed by atoms with van der Waals surface area (Å²) in [5.41, 5.74) is 2.84. The van der Waals surface area contributed by atoms with Crippen molar-refractivity contribution in [1.29, 1.82) is 0 Å². The number of carbonyl (C=O) groups is 3. The molecular formula is C33H38Cl2N2O5. The maximum Gasteiger partial charge on any atom is 0.308 e. The first kappa shape index (κ1) is 29.5. The molecule has 0 unspecified atom stereocenters. The third kappa shape index (κ3) is 4.91. The SMILES string of the molecule is CC(=O)CN1CC[C@]23c4c5ccc(OC(C)=O)c4O[C@H]2[C@@H](N(CC(C)C)C(=O)Cc2ccc(Cl)c(Cl)c2)CC[C@H]3[C@H]1C5. The number of likely N-dealkylation sites (tertiary alicyclic amines) is 1. The molecule has 1 saturated heterocycles. The molecular weight excluding hydrogens is 575 g/mol. The van der Waals surface area contributed by atoms with Gasteiger partial charge in [-0.15, -0.1) is 0 Å². The highest BCUT2D eigenvalue weighted by Gasteiger charge is 2.66. The van der Waals surface area contributed by atoms with Crippen LogP contribution in [0.3, 0.4) is 0 Å². The highest BCUT2D eigenvalue weighted by atomic mass is 35.5. The zero-order valence-corrected chi connectivity index (χ0v) is 26.1. The Balaban J connectivity index is 1.41. The van der Waals surface area contributed by atoms with E-state index in [9.17, 15) is 14.4 Å². The second-order valence-corrected chi connectivity index (χ2v) is 13.7. The Morgan fingerprint density at radius 3 is 2.60 bits per heavy atom. The zero-order chi connectivity index (χ0) is 29.9. The van der Waals surface area contributed by atoms with Crippen LogP contribution in [0.15, 0.2) is 30.3 Å². The third-order valence-electron chi connectivity index (χ3n) is 9.69. The van der Waals surface area contributed by atoms with Gasteiger partial charge in [-0.1, -0.05) is 49.2 Å². The van der Waals surface area contributed by atoms with Gasteiger partial charge in [0.1, 0.15) is 11.9 Å². The second kappa shape index (κ2) is 11.1. The molecule has 2 bridgehead atoms. The Hall–Kier alpha value is -2.61. The molecule has 1 spiro atoms. The van der Waals surface area contributed by atoms with Crippen molar-refractivity contribution in [2.75, 3.05) is 19.6 Å². The standard InChI is InChI=1S/C33H38Cl2N2O5/c1-18(2)16-37(29(40)14-21-5-8-24(34)25(35)13-21)26-9-7-23-27-15-22-6-10-28(41-20(4)39)31-30(22)33(23,32(26)42-31)11-12-36(27)17-19(3)38/h5-6,8,10,13,18,23,26-27,32H,7,9,11-12,14-17H2,1-4H3/t23-,26-,27+,32-,33-/m0/s1. The molecule has 2 heterocycles. The first-order valence-corrected chi connectivity index (χ1v) is 15.7. The van der Waals surface area contributed by atoms with Crippen LogP contribution in [-0.2, 0) is 32.6 Å². The van der Waals surface area contributed by atoms with Crippen LogP contribution in [0.2, 0.25) is 10.0 Å². The van der Waals surface area contributed by atoms with E-state index in [0.29, 0.717) is 34.6 Å². The molecule has 224 valence electrons. The predicted octanol–water partition coefficient (Wildman–Crippen LogP) is 5.64. The molecule has 7 nitrogen and oxygen atoms in total. The van der Waals surface area contributed by atoms with Gasteiger partial charge in [0, 0.05) is 30.5 Å². The second-order valence-electron chi connectivity index (χ2n) is 12.9. The van der Waals surface area contributed by atoms with Gasteiger partial charge >= 0.3 is 5.97 Å². The molecule has 2 aliphatic heterocycles. The fraction of sp³-hybridized carbons (Fsp3) is 0.545. The van der Waals surface area contributed by atoms with Crippen LogP contribution >= 0.6 is 23.2 Å². The number of hydrogen-bond acceptors (Lipinski definition) is 6. The first-order valence-electron chi connectivity index (χ1n) is 15.0. The molecule has 2 aliphatic carbocycles. The molecule has 0 radical (unpaired) electrons. The number of carbonyl (C=O) groups excluding carboxylic acids is 3. The van der Waals surface area contributed by atoms with Crippen molar-refractivity contribution >= 4 is 40.9 Å². The van der Waals surface area contributed by atoms with Crippen LogP contribution < -0.4 is 9.47 Å². The highest BCUT2D eigenvalue weighted by Crippen LogP contribution is 2.64. The quantitative estimate of drug-likeness (QED) is 0.283. The number of benzene rings is 2. The van der Waals surface area contributed by atoms with Gasteiger partial charge < -0.3 is 14.4 Å². The molecule has 1 saturated carbocycles. The summed E-state index contributed by atoms with van der Waals surface area (Å²) in [6, 6.07) is 9.32. The fourth-order valence-electron chi connectivity index (χ4n) is 8.37. The van der Waals surface area contributed by atoms with Gasteiger partial charge in [0.05, 0.1) is 29.1 Å². The van der Waals surface area contributed by atoms with E-state index in [0.717, 1.165) is 43.4 Å². The summed E-state index contributed by atoms with van der Waals surface area (Å²) in [4.78, 5) is 42.8. The largest absolute Gasteiger partial charge is 0.483 e. The van der Waals surface area contributed by atoms with Crippen LogP contribution in [0.25, 0.3) is 0 Å². The van der Waals surface area contributed by atoms with Gasteiger partial charge in [-0.25, -0.2) is 0 Å². The van der Waals surface area contributed by atoms with Crippen molar-refractivity contribution < 1.29 is 23.9 Å². The highest BCUT2D eigenvalue weighted by molar-refractivity contribution is 6.42. The van der Waals surface area contributed by atoms with E-state index in [4.69, 9.17) is 32.7 Å². The molecule has 42 heavy (non-hydrogen) atoms. The maximum atomic E-state index is 14.1. The number of piperidine rings is 1. The van der Waals surface area contributed by atoms with E-state index in [-0.39, 0.29) is 53.5 Å².